The van der Waals surface area contributed by atoms with Crippen molar-refractivity contribution in [1.29, 1.82) is 0 Å². The monoisotopic (exact) mass is 206 g/mol. The van der Waals surface area contributed by atoms with Crippen LogP contribution in [-0.2, 0) is 4.79 Å². The lowest BCUT2D eigenvalue weighted by molar-refractivity contribution is -0.120. The van der Waals surface area contributed by atoms with Crippen LogP contribution in [-0.4, -0.2) is 30.9 Å². The first-order chi connectivity index (χ1) is 7.15. The molecule has 0 aromatic rings. The molecule has 1 N–H and O–H groups in total. The van der Waals surface area contributed by atoms with E-state index in [0.29, 0.717) is 12.2 Å². The zero-order chi connectivity index (χ0) is 11.3. The van der Waals surface area contributed by atoms with Crippen molar-refractivity contribution >= 4 is 5.91 Å². The highest BCUT2D eigenvalue weighted by Crippen LogP contribution is 2.11. The van der Waals surface area contributed by atoms with Gasteiger partial charge in [-0.1, -0.05) is 18.7 Å². The lowest BCUT2D eigenvalue weighted by Gasteiger charge is -2.27. The van der Waals surface area contributed by atoms with Gasteiger partial charge in [0, 0.05) is 20.1 Å². The third-order valence-corrected chi connectivity index (χ3v) is 2.33. The number of hydrogen-bond donors (Lipinski definition) is 1. The third-order valence-electron chi connectivity index (χ3n) is 2.33. The Labute approximate surface area is 91.2 Å². The number of carbonyl (C=O) groups is 1. The fraction of sp³-hybridized carbons (Fsp3) is 0.417. The summed E-state index contributed by atoms with van der Waals surface area (Å²) in [7, 11) is 1.92. The van der Waals surface area contributed by atoms with Crippen molar-refractivity contribution in [2.24, 2.45) is 0 Å². The van der Waals surface area contributed by atoms with Crippen molar-refractivity contribution in [2.75, 3.05) is 20.1 Å². The van der Waals surface area contributed by atoms with E-state index in [1.165, 1.54) is 0 Å². The normalized spacial score (nSPS) is 19.7. The van der Waals surface area contributed by atoms with Gasteiger partial charge in [0.1, 0.15) is 5.70 Å². The van der Waals surface area contributed by atoms with Crippen LogP contribution < -0.4 is 5.32 Å². The summed E-state index contributed by atoms with van der Waals surface area (Å²) in [6, 6.07) is 0. The highest BCUT2D eigenvalue weighted by atomic mass is 16.2. The minimum atomic E-state index is -0.00891. The van der Waals surface area contributed by atoms with Crippen LogP contribution in [0.5, 0.6) is 0 Å². The van der Waals surface area contributed by atoms with Gasteiger partial charge in [0.25, 0.3) is 5.91 Å². The van der Waals surface area contributed by atoms with Gasteiger partial charge in [0.15, 0.2) is 0 Å². The van der Waals surface area contributed by atoms with Crippen LogP contribution in [0.2, 0.25) is 0 Å². The van der Waals surface area contributed by atoms with Crippen LogP contribution in [0.4, 0.5) is 0 Å². The molecule has 0 aromatic carbocycles. The number of piperazine rings is 1. The van der Waals surface area contributed by atoms with Crippen molar-refractivity contribution in [3.63, 3.8) is 0 Å². The van der Waals surface area contributed by atoms with Gasteiger partial charge in [-0.25, -0.2) is 0 Å². The molecule has 1 saturated heterocycles. The highest BCUT2D eigenvalue weighted by molar-refractivity contribution is 5.93. The molecule has 1 amide bonds. The zero-order valence-corrected chi connectivity index (χ0v) is 9.42. The quantitative estimate of drug-likeness (QED) is 0.560. The number of rotatable bonds is 3. The highest BCUT2D eigenvalue weighted by Gasteiger charge is 2.18. The van der Waals surface area contributed by atoms with E-state index in [9.17, 15) is 4.79 Å². The lowest BCUT2D eigenvalue weighted by atomic mass is 10.1. The fourth-order valence-corrected chi connectivity index (χ4v) is 1.42. The second-order valence-corrected chi connectivity index (χ2v) is 3.64. The second kappa shape index (κ2) is 5.39. The van der Waals surface area contributed by atoms with E-state index in [1.807, 2.05) is 37.1 Å². The molecule has 0 radical (unpaired) electrons. The summed E-state index contributed by atoms with van der Waals surface area (Å²) in [6.07, 6.45) is 6.66. The van der Waals surface area contributed by atoms with E-state index < -0.39 is 0 Å². The number of amides is 1. The van der Waals surface area contributed by atoms with Crippen molar-refractivity contribution in [3.05, 3.63) is 36.1 Å². The van der Waals surface area contributed by atoms with Crippen molar-refractivity contribution in [2.45, 2.75) is 13.3 Å². The first kappa shape index (κ1) is 11.6. The molecule has 0 aliphatic carbocycles. The minimum absolute atomic E-state index is 0.00891. The number of likely N-dealkylation sites (N-methyl/N-ethyl adjacent to an activating group) is 1. The molecular formula is C12H18N2O. The van der Waals surface area contributed by atoms with Crippen LogP contribution in [0.25, 0.3) is 0 Å². The number of nitrogens with one attached hydrogen (secondary N) is 1. The van der Waals surface area contributed by atoms with E-state index in [1.54, 1.807) is 0 Å². The van der Waals surface area contributed by atoms with E-state index in [-0.39, 0.29) is 5.91 Å². The van der Waals surface area contributed by atoms with Crippen LogP contribution in [0.3, 0.4) is 0 Å². The molecule has 0 aromatic heterocycles. The Morgan fingerprint density at radius 1 is 1.67 bits per heavy atom. The maximum absolute atomic E-state index is 11.5. The van der Waals surface area contributed by atoms with Crippen LogP contribution in [0.1, 0.15) is 13.3 Å². The van der Waals surface area contributed by atoms with Gasteiger partial charge in [-0.05, 0) is 25.0 Å². The van der Waals surface area contributed by atoms with E-state index >= 15 is 0 Å². The molecule has 0 spiro atoms. The predicted molar refractivity (Wildman–Crippen MR) is 62.3 cm³/mol. The largest absolute Gasteiger partial charge is 0.368 e. The molecule has 1 fully saturated rings. The van der Waals surface area contributed by atoms with Gasteiger partial charge in [-0.3, -0.25) is 4.79 Å². The first-order valence-corrected chi connectivity index (χ1v) is 5.15. The molecule has 1 rings (SSSR count). The Kier molecular flexibility index (Phi) is 4.16. The summed E-state index contributed by atoms with van der Waals surface area (Å²) in [6.45, 7) is 7.46. The molecule has 0 unspecified atom stereocenters. The Morgan fingerprint density at radius 2 is 2.40 bits per heavy atom. The van der Waals surface area contributed by atoms with Crippen molar-refractivity contribution in [3.8, 4) is 0 Å². The summed E-state index contributed by atoms with van der Waals surface area (Å²) < 4.78 is 0. The van der Waals surface area contributed by atoms with Crippen LogP contribution >= 0.6 is 0 Å². The molecule has 1 heterocycles. The van der Waals surface area contributed by atoms with Gasteiger partial charge in [-0.2, -0.15) is 0 Å². The SMILES string of the molecule is C=C(/C=C1/C(=O)NCCN1C)C/C=C\C. The Balaban J connectivity index is 2.70. The summed E-state index contributed by atoms with van der Waals surface area (Å²) in [5.41, 5.74) is 1.66. The molecule has 1 aliphatic heterocycles. The number of allylic oxidation sites excluding steroid dienone is 4. The Hall–Kier alpha value is -1.51. The zero-order valence-electron chi connectivity index (χ0n) is 9.42. The number of nitrogens with zero attached hydrogens (tertiary/aromatic N) is 1. The summed E-state index contributed by atoms with van der Waals surface area (Å²) in [5.74, 6) is -0.00891. The molecule has 3 heteroatoms. The maximum atomic E-state index is 11.5. The van der Waals surface area contributed by atoms with Gasteiger partial charge < -0.3 is 10.2 Å². The van der Waals surface area contributed by atoms with E-state index in [4.69, 9.17) is 0 Å². The number of hydrogen-bond acceptors (Lipinski definition) is 2. The molecule has 15 heavy (non-hydrogen) atoms. The van der Waals surface area contributed by atoms with E-state index in [0.717, 1.165) is 18.5 Å². The number of carbonyl (C=O) groups excluding carboxylic acids is 1. The first-order valence-electron chi connectivity index (χ1n) is 5.15. The molecule has 1 aliphatic rings. The average Bonchev–Trinajstić information content (AvgIpc) is 2.21. The summed E-state index contributed by atoms with van der Waals surface area (Å²) in [4.78, 5) is 13.5. The summed E-state index contributed by atoms with van der Waals surface area (Å²) in [5, 5.41) is 2.82. The standard InChI is InChI=1S/C12H18N2O/c1-4-5-6-10(2)9-11-12(15)13-7-8-14(11)3/h4-5,9H,2,6-8H2,1,3H3,(H,13,15)/b5-4-,11-9-. The van der Waals surface area contributed by atoms with E-state index in [2.05, 4.69) is 11.9 Å². The fourth-order valence-electron chi connectivity index (χ4n) is 1.42. The van der Waals surface area contributed by atoms with Gasteiger partial charge in [-0.15, -0.1) is 0 Å². The topological polar surface area (TPSA) is 32.3 Å². The predicted octanol–water partition coefficient (Wildman–Crippen LogP) is 1.45. The Morgan fingerprint density at radius 3 is 3.00 bits per heavy atom. The molecule has 82 valence electrons. The third kappa shape index (κ3) is 3.27. The molecule has 3 nitrogen and oxygen atoms in total. The lowest BCUT2D eigenvalue weighted by Crippen LogP contribution is -2.43. The summed E-state index contributed by atoms with van der Waals surface area (Å²) >= 11 is 0. The van der Waals surface area contributed by atoms with Crippen LogP contribution in [0, 0.1) is 0 Å². The second-order valence-electron chi connectivity index (χ2n) is 3.64. The molecule has 0 bridgehead atoms. The van der Waals surface area contributed by atoms with Crippen LogP contribution in [0.15, 0.2) is 36.1 Å². The Bertz CT molecular complexity index is 316. The van der Waals surface area contributed by atoms with Gasteiger partial charge in [0.05, 0.1) is 0 Å². The average molecular weight is 206 g/mol. The smallest absolute Gasteiger partial charge is 0.267 e. The minimum Gasteiger partial charge on any atom is -0.368 e. The van der Waals surface area contributed by atoms with Gasteiger partial charge >= 0.3 is 0 Å². The van der Waals surface area contributed by atoms with Crippen molar-refractivity contribution in [1.82, 2.24) is 10.2 Å². The molecular weight excluding hydrogens is 188 g/mol. The van der Waals surface area contributed by atoms with Gasteiger partial charge in [0.2, 0.25) is 0 Å². The van der Waals surface area contributed by atoms with Crippen molar-refractivity contribution < 1.29 is 4.79 Å². The molecule has 0 atom stereocenters. The molecule has 0 saturated carbocycles. The maximum Gasteiger partial charge on any atom is 0.267 e.